The molecule has 7 nitrogen and oxygen atoms in total. The first-order valence-electron chi connectivity index (χ1n) is 8.67. The second-order valence-electron chi connectivity index (χ2n) is 5.84. The van der Waals surface area contributed by atoms with Crippen LogP contribution in [0.5, 0.6) is 0 Å². The van der Waals surface area contributed by atoms with E-state index in [-0.39, 0.29) is 17.2 Å². The van der Waals surface area contributed by atoms with Crippen molar-refractivity contribution in [3.8, 4) is 11.1 Å². The summed E-state index contributed by atoms with van der Waals surface area (Å²) in [5.74, 6) is -1.52. The van der Waals surface area contributed by atoms with Gasteiger partial charge in [0, 0.05) is 28.0 Å². The zero-order chi connectivity index (χ0) is 21.7. The Morgan fingerprint density at radius 2 is 1.97 bits per heavy atom. The first-order chi connectivity index (χ1) is 14.4. The van der Waals surface area contributed by atoms with Gasteiger partial charge >= 0.3 is 11.0 Å². The molecule has 0 aliphatic carbocycles. The summed E-state index contributed by atoms with van der Waals surface area (Å²) in [7, 11) is 0. The van der Waals surface area contributed by atoms with E-state index in [0.29, 0.717) is 21.0 Å². The van der Waals surface area contributed by atoms with Gasteiger partial charge < -0.3 is 10.1 Å². The average molecular weight is 446 g/mol. The zero-order valence-electron chi connectivity index (χ0n) is 15.6. The van der Waals surface area contributed by atoms with E-state index in [2.05, 4.69) is 5.32 Å². The van der Waals surface area contributed by atoms with Gasteiger partial charge in [0.1, 0.15) is 16.4 Å². The standard InChI is InChI=1S/C20H15FN2O5S2/c1-2-28-20(25)18-15(12-3-5-13(21)6-4-12)11-29-19(18)22-16(24)9-7-14-8-10-17(30-14)23(26)27/h3-11H,2H2,1H3,(H,22,24)/b9-7+. The lowest BCUT2D eigenvalue weighted by Crippen LogP contribution is -2.12. The van der Waals surface area contributed by atoms with Crippen LogP contribution >= 0.6 is 22.7 Å². The summed E-state index contributed by atoms with van der Waals surface area (Å²) in [5.41, 5.74) is 1.31. The molecule has 0 unspecified atom stereocenters. The first kappa shape index (κ1) is 21.3. The molecule has 2 aromatic heterocycles. The third-order valence-electron chi connectivity index (χ3n) is 3.85. The summed E-state index contributed by atoms with van der Waals surface area (Å²) in [6.45, 7) is 1.82. The predicted molar refractivity (Wildman–Crippen MR) is 114 cm³/mol. The van der Waals surface area contributed by atoms with Crippen LogP contribution in [0.15, 0.2) is 47.9 Å². The maximum atomic E-state index is 13.2. The number of hydrogen-bond donors (Lipinski definition) is 1. The van der Waals surface area contributed by atoms with Crippen LogP contribution in [0.2, 0.25) is 0 Å². The molecule has 1 aromatic carbocycles. The number of carbonyl (C=O) groups excluding carboxylic acids is 2. The van der Waals surface area contributed by atoms with Crippen LogP contribution in [-0.2, 0) is 9.53 Å². The van der Waals surface area contributed by atoms with Crippen molar-refractivity contribution < 1.29 is 23.6 Å². The molecular weight excluding hydrogens is 431 g/mol. The van der Waals surface area contributed by atoms with Gasteiger partial charge in [0.15, 0.2) is 0 Å². The first-order valence-corrected chi connectivity index (χ1v) is 10.4. The molecule has 0 aliphatic heterocycles. The van der Waals surface area contributed by atoms with Gasteiger partial charge in [0.05, 0.1) is 11.5 Å². The molecule has 0 radical (unpaired) electrons. The van der Waals surface area contributed by atoms with Crippen LogP contribution in [0.1, 0.15) is 22.2 Å². The molecule has 0 spiro atoms. The predicted octanol–water partition coefficient (Wildman–Crippen LogP) is 5.35. The summed E-state index contributed by atoms with van der Waals surface area (Å²) in [4.78, 5) is 35.6. The van der Waals surface area contributed by atoms with Crippen molar-refractivity contribution in [2.45, 2.75) is 6.92 Å². The van der Waals surface area contributed by atoms with Crippen LogP contribution in [-0.4, -0.2) is 23.4 Å². The monoisotopic (exact) mass is 446 g/mol. The Balaban J connectivity index is 1.84. The van der Waals surface area contributed by atoms with Gasteiger partial charge in [-0.25, -0.2) is 9.18 Å². The Kier molecular flexibility index (Phi) is 6.70. The average Bonchev–Trinajstić information content (AvgIpc) is 3.34. The number of nitrogens with zero attached hydrogens (tertiary/aromatic N) is 1. The van der Waals surface area contributed by atoms with Gasteiger partial charge in [-0.1, -0.05) is 23.5 Å². The SMILES string of the molecule is CCOC(=O)c1c(-c2ccc(F)cc2)csc1NC(=O)/C=C/c1ccc([N+](=O)[O-])s1. The molecule has 1 amide bonds. The minimum absolute atomic E-state index is 0.0261. The maximum Gasteiger partial charge on any atom is 0.341 e. The van der Waals surface area contributed by atoms with E-state index in [4.69, 9.17) is 4.74 Å². The summed E-state index contributed by atoms with van der Waals surface area (Å²) < 4.78 is 18.4. The number of ether oxygens (including phenoxy) is 1. The van der Waals surface area contributed by atoms with Gasteiger partial charge in [0.2, 0.25) is 5.91 Å². The van der Waals surface area contributed by atoms with Gasteiger partial charge in [-0.3, -0.25) is 14.9 Å². The zero-order valence-corrected chi connectivity index (χ0v) is 17.2. The second-order valence-corrected chi connectivity index (χ2v) is 7.81. The van der Waals surface area contributed by atoms with Crippen LogP contribution in [0.25, 0.3) is 17.2 Å². The second kappa shape index (κ2) is 9.42. The molecule has 154 valence electrons. The molecule has 2 heterocycles. The number of halogens is 1. The van der Waals surface area contributed by atoms with Gasteiger partial charge in [-0.15, -0.1) is 11.3 Å². The number of esters is 1. The molecule has 0 saturated carbocycles. The number of anilines is 1. The fourth-order valence-corrected chi connectivity index (χ4v) is 4.22. The van der Waals surface area contributed by atoms with Crippen LogP contribution in [0, 0.1) is 15.9 Å². The number of nitrogens with one attached hydrogen (secondary N) is 1. The lowest BCUT2D eigenvalue weighted by atomic mass is 10.0. The van der Waals surface area contributed by atoms with E-state index in [1.54, 1.807) is 12.3 Å². The molecule has 1 N–H and O–H groups in total. The van der Waals surface area contributed by atoms with Gasteiger partial charge in [-0.05, 0) is 36.8 Å². The smallest absolute Gasteiger partial charge is 0.341 e. The lowest BCUT2D eigenvalue weighted by molar-refractivity contribution is -0.380. The van der Waals surface area contributed by atoms with Crippen LogP contribution in [0.4, 0.5) is 14.4 Å². The highest BCUT2D eigenvalue weighted by molar-refractivity contribution is 7.16. The summed E-state index contributed by atoms with van der Waals surface area (Å²) in [6, 6.07) is 8.53. The molecule has 0 bridgehead atoms. The molecule has 3 aromatic rings. The fraction of sp³-hybridized carbons (Fsp3) is 0.100. The molecular formula is C20H15FN2O5S2. The molecule has 0 atom stereocenters. The highest BCUT2D eigenvalue weighted by Crippen LogP contribution is 2.36. The van der Waals surface area contributed by atoms with E-state index < -0.39 is 22.6 Å². The van der Waals surface area contributed by atoms with Crippen molar-refractivity contribution in [1.82, 2.24) is 0 Å². The highest BCUT2D eigenvalue weighted by Gasteiger charge is 2.22. The number of hydrogen-bond acceptors (Lipinski definition) is 7. The van der Waals surface area contributed by atoms with E-state index in [9.17, 15) is 24.1 Å². The maximum absolute atomic E-state index is 13.2. The van der Waals surface area contributed by atoms with Gasteiger partial charge in [0.25, 0.3) is 0 Å². The highest BCUT2D eigenvalue weighted by atomic mass is 32.1. The summed E-state index contributed by atoms with van der Waals surface area (Å²) in [6.07, 6.45) is 2.67. The van der Waals surface area contributed by atoms with E-state index in [1.807, 2.05) is 0 Å². The van der Waals surface area contributed by atoms with Crippen molar-refractivity contribution in [2.75, 3.05) is 11.9 Å². The molecule has 0 saturated heterocycles. The molecule has 0 aliphatic rings. The number of thiophene rings is 2. The third-order valence-corrected chi connectivity index (χ3v) is 5.75. The number of benzene rings is 1. The van der Waals surface area contributed by atoms with E-state index >= 15 is 0 Å². The Morgan fingerprint density at radius 1 is 1.23 bits per heavy atom. The van der Waals surface area contributed by atoms with Crippen molar-refractivity contribution in [1.29, 1.82) is 0 Å². The Morgan fingerprint density at radius 3 is 2.60 bits per heavy atom. The Labute approximate surface area is 178 Å². The minimum atomic E-state index is -0.605. The molecule has 10 heteroatoms. The number of amides is 1. The number of nitro groups is 1. The quantitative estimate of drug-likeness (QED) is 0.228. The molecule has 3 rings (SSSR count). The van der Waals surface area contributed by atoms with E-state index in [0.717, 1.165) is 22.7 Å². The van der Waals surface area contributed by atoms with E-state index in [1.165, 1.54) is 48.6 Å². The fourth-order valence-electron chi connectivity index (χ4n) is 2.54. The van der Waals surface area contributed by atoms with Gasteiger partial charge in [-0.2, -0.15) is 0 Å². The number of carbonyl (C=O) groups is 2. The molecule has 30 heavy (non-hydrogen) atoms. The topological polar surface area (TPSA) is 98.5 Å². The third kappa shape index (κ3) is 4.97. The van der Waals surface area contributed by atoms with Crippen LogP contribution in [0.3, 0.4) is 0 Å². The van der Waals surface area contributed by atoms with Crippen molar-refractivity contribution >= 4 is 50.6 Å². The van der Waals surface area contributed by atoms with Crippen molar-refractivity contribution in [2.24, 2.45) is 0 Å². The summed E-state index contributed by atoms with van der Waals surface area (Å²) >= 11 is 2.08. The number of rotatable bonds is 7. The Bertz CT molecular complexity index is 1120. The summed E-state index contributed by atoms with van der Waals surface area (Å²) in [5, 5.41) is 15.3. The minimum Gasteiger partial charge on any atom is -0.462 e. The normalized spacial score (nSPS) is 10.9. The lowest BCUT2D eigenvalue weighted by Gasteiger charge is -2.08. The Hall–Kier alpha value is -3.37. The van der Waals surface area contributed by atoms with Crippen molar-refractivity contribution in [3.05, 3.63) is 74.2 Å². The van der Waals surface area contributed by atoms with Crippen molar-refractivity contribution in [3.63, 3.8) is 0 Å². The van der Waals surface area contributed by atoms with Crippen LogP contribution < -0.4 is 5.32 Å². The molecule has 0 fully saturated rings. The largest absolute Gasteiger partial charge is 0.462 e.